The molecular weight excluding hydrogens is 86.1 g/mol. The third kappa shape index (κ3) is 1.000. The molecule has 1 aliphatic rings. The first-order chi connectivity index (χ1) is 3.39. The molecule has 0 unspecified atom stereocenters. The Hall–Kier alpha value is -0.850. The first-order valence-electron chi connectivity index (χ1n) is 2.26. The average Bonchev–Trinajstić information content (AvgIpc) is 1.69. The maximum Gasteiger partial charge on any atom is 0.242 e. The third-order valence-corrected chi connectivity index (χ3v) is 0.847. The van der Waals surface area contributed by atoms with Gasteiger partial charge in [-0.05, 0) is 12.5 Å². The van der Waals surface area contributed by atoms with Crippen LogP contribution in [-0.2, 0) is 0 Å². The second kappa shape index (κ2) is 1.73. The molecule has 0 bridgehead atoms. The van der Waals surface area contributed by atoms with Gasteiger partial charge in [-0.15, -0.1) is 0 Å². The van der Waals surface area contributed by atoms with Gasteiger partial charge in [0.2, 0.25) is 12.4 Å². The molecule has 1 radical (unpaired) electrons. The second-order valence-electron chi connectivity index (χ2n) is 1.52. The second-order valence-corrected chi connectivity index (χ2v) is 1.52. The summed E-state index contributed by atoms with van der Waals surface area (Å²) < 4.78 is 0. The molecule has 7 heavy (non-hydrogen) atoms. The van der Waals surface area contributed by atoms with Crippen molar-refractivity contribution in [3.05, 3.63) is 23.9 Å². The van der Waals surface area contributed by atoms with E-state index in [9.17, 15) is 0 Å². The Bertz CT molecular complexity index is 140. The number of nitrogens with zero attached hydrogens (tertiary/aromatic N) is 1. The fourth-order valence-electron chi connectivity index (χ4n) is 0.426. The van der Waals surface area contributed by atoms with Crippen LogP contribution >= 0.6 is 0 Å². The minimum Gasteiger partial charge on any atom is -0.0393 e. The van der Waals surface area contributed by atoms with E-state index in [1.54, 1.807) is 12.4 Å². The standard InChI is InChI=1S/C6H7N/c1-6-2-4-7-5-3-6/h2-5H,1H3/q+1. The normalized spacial score (nSPS) is 17.0. The van der Waals surface area contributed by atoms with Crippen LogP contribution in [0.3, 0.4) is 0 Å². The highest BCUT2D eigenvalue weighted by molar-refractivity contribution is 5.73. The van der Waals surface area contributed by atoms with Crippen molar-refractivity contribution in [2.24, 2.45) is 0 Å². The van der Waals surface area contributed by atoms with Crippen molar-refractivity contribution >= 4 is 6.21 Å². The van der Waals surface area contributed by atoms with Crippen LogP contribution in [0.2, 0.25) is 0 Å². The van der Waals surface area contributed by atoms with E-state index in [-0.39, 0.29) is 0 Å². The summed E-state index contributed by atoms with van der Waals surface area (Å²) >= 11 is 0. The molecule has 1 aliphatic heterocycles. The molecule has 0 amide bonds. The molecule has 1 rings (SSSR count). The monoisotopic (exact) mass is 93.1 g/mol. The molecule has 0 aromatic carbocycles. The lowest BCUT2D eigenvalue weighted by Crippen LogP contribution is -1.85. The average molecular weight is 93.1 g/mol. The molecule has 0 aromatic heterocycles. The van der Waals surface area contributed by atoms with E-state index in [0.717, 1.165) is 0 Å². The summed E-state index contributed by atoms with van der Waals surface area (Å²) in [5, 5.41) is 0. The van der Waals surface area contributed by atoms with Crippen molar-refractivity contribution in [1.82, 2.24) is 4.99 Å². The highest BCUT2D eigenvalue weighted by Gasteiger charge is 1.90. The maximum absolute atomic E-state index is 3.85. The van der Waals surface area contributed by atoms with Crippen LogP contribution in [0.4, 0.5) is 0 Å². The third-order valence-electron chi connectivity index (χ3n) is 0.847. The summed E-state index contributed by atoms with van der Waals surface area (Å²) in [6.07, 6.45) is 7.52. The summed E-state index contributed by atoms with van der Waals surface area (Å²) in [5.74, 6) is 0. The van der Waals surface area contributed by atoms with Crippen molar-refractivity contribution in [2.75, 3.05) is 0 Å². The Morgan fingerprint density at radius 1 is 1.57 bits per heavy atom. The molecular formula is C6H7N+. The van der Waals surface area contributed by atoms with Gasteiger partial charge in [-0.3, -0.25) is 0 Å². The van der Waals surface area contributed by atoms with Gasteiger partial charge in [0.25, 0.3) is 0 Å². The van der Waals surface area contributed by atoms with E-state index in [0.29, 0.717) is 0 Å². The van der Waals surface area contributed by atoms with Crippen molar-refractivity contribution in [1.29, 1.82) is 0 Å². The number of aliphatic imine (C=N–C) groups is 1. The molecule has 0 atom stereocenters. The molecule has 1 nitrogen and oxygen atoms in total. The van der Waals surface area contributed by atoms with Gasteiger partial charge >= 0.3 is 0 Å². The van der Waals surface area contributed by atoms with E-state index in [1.807, 2.05) is 19.1 Å². The lowest BCUT2D eigenvalue weighted by Gasteiger charge is -1.80. The Balaban J connectivity index is 2.82. The Morgan fingerprint density at radius 3 is 2.71 bits per heavy atom. The molecule has 0 saturated heterocycles. The Morgan fingerprint density at radius 2 is 2.43 bits per heavy atom. The largest absolute Gasteiger partial charge is 0.242 e. The van der Waals surface area contributed by atoms with E-state index >= 15 is 0 Å². The first-order valence-corrected chi connectivity index (χ1v) is 2.26. The van der Waals surface area contributed by atoms with Crippen molar-refractivity contribution in [3.63, 3.8) is 0 Å². The first kappa shape index (κ1) is 4.31. The lowest BCUT2D eigenvalue weighted by atomic mass is 10.3. The molecule has 0 fully saturated rings. The molecule has 0 aliphatic carbocycles. The summed E-state index contributed by atoms with van der Waals surface area (Å²) in [7, 11) is 0. The van der Waals surface area contributed by atoms with Crippen LogP contribution < -0.4 is 4.99 Å². The Kier molecular flexibility index (Phi) is 1.07. The van der Waals surface area contributed by atoms with E-state index in [1.165, 1.54) is 5.57 Å². The van der Waals surface area contributed by atoms with Crippen molar-refractivity contribution < 1.29 is 0 Å². The minimum atomic E-state index is 1.26. The molecule has 35 valence electrons. The van der Waals surface area contributed by atoms with Gasteiger partial charge in [0, 0.05) is 12.2 Å². The van der Waals surface area contributed by atoms with Crippen LogP contribution in [0.1, 0.15) is 6.92 Å². The van der Waals surface area contributed by atoms with E-state index in [4.69, 9.17) is 0 Å². The summed E-state index contributed by atoms with van der Waals surface area (Å²) in [6, 6.07) is 0. The molecule has 0 spiro atoms. The Labute approximate surface area is 43.1 Å². The SMILES string of the molecule is CC1=CC=[N+]C=C1. The fraction of sp³-hybridized carbons (Fsp3) is 0.167. The van der Waals surface area contributed by atoms with Gasteiger partial charge in [0.05, 0.1) is 4.99 Å². The molecule has 1 heterocycles. The smallest absolute Gasteiger partial charge is 0.0393 e. The lowest BCUT2D eigenvalue weighted by molar-refractivity contribution is 1.35. The molecule has 0 saturated carbocycles. The van der Waals surface area contributed by atoms with E-state index < -0.39 is 0 Å². The minimum absolute atomic E-state index is 1.26. The molecule has 1 heteroatoms. The fourth-order valence-corrected chi connectivity index (χ4v) is 0.426. The van der Waals surface area contributed by atoms with Crippen LogP contribution in [0, 0.1) is 0 Å². The highest BCUT2D eigenvalue weighted by atomic mass is 14.7. The number of allylic oxidation sites excluding steroid dienone is 3. The van der Waals surface area contributed by atoms with Gasteiger partial charge in [0.15, 0.2) is 0 Å². The van der Waals surface area contributed by atoms with Crippen LogP contribution in [0.15, 0.2) is 23.9 Å². The number of hydrogen-bond donors (Lipinski definition) is 0. The van der Waals surface area contributed by atoms with Crippen LogP contribution in [0.5, 0.6) is 0 Å². The summed E-state index contributed by atoms with van der Waals surface area (Å²) in [6.45, 7) is 2.04. The van der Waals surface area contributed by atoms with Crippen molar-refractivity contribution in [3.8, 4) is 0 Å². The number of rotatable bonds is 0. The van der Waals surface area contributed by atoms with Gasteiger partial charge in [-0.1, -0.05) is 0 Å². The summed E-state index contributed by atoms with van der Waals surface area (Å²) in [4.78, 5) is 3.85. The predicted molar refractivity (Wildman–Crippen MR) is 31.1 cm³/mol. The molecule has 0 N–H and O–H groups in total. The quantitative estimate of drug-likeness (QED) is 0.422. The van der Waals surface area contributed by atoms with Crippen LogP contribution in [-0.4, -0.2) is 6.21 Å². The zero-order valence-electron chi connectivity index (χ0n) is 4.26. The van der Waals surface area contributed by atoms with Gasteiger partial charge in [0.1, 0.15) is 0 Å². The van der Waals surface area contributed by atoms with Crippen molar-refractivity contribution in [2.45, 2.75) is 6.92 Å². The van der Waals surface area contributed by atoms with E-state index in [2.05, 4.69) is 4.99 Å². The van der Waals surface area contributed by atoms with Gasteiger partial charge in [-0.2, -0.15) is 0 Å². The predicted octanol–water partition coefficient (Wildman–Crippen LogP) is 0.867. The summed E-state index contributed by atoms with van der Waals surface area (Å²) in [5.41, 5.74) is 1.26. The maximum atomic E-state index is 3.85. The zero-order valence-corrected chi connectivity index (χ0v) is 4.26. The van der Waals surface area contributed by atoms with Gasteiger partial charge < -0.3 is 0 Å². The van der Waals surface area contributed by atoms with Gasteiger partial charge in [-0.25, -0.2) is 0 Å². The highest BCUT2D eigenvalue weighted by Crippen LogP contribution is 1.92. The topological polar surface area (TPSA) is 14.1 Å². The number of hydrogen-bond acceptors (Lipinski definition) is 1. The molecule has 0 aromatic rings. The zero-order chi connectivity index (χ0) is 5.11. The van der Waals surface area contributed by atoms with Crippen LogP contribution in [0.25, 0.3) is 0 Å².